The van der Waals surface area contributed by atoms with Gasteiger partial charge in [-0.2, -0.15) is 0 Å². The maximum absolute atomic E-state index is 5.67. The molecule has 0 bridgehead atoms. The van der Waals surface area contributed by atoms with Gasteiger partial charge in [0.05, 0.1) is 6.20 Å². The van der Waals surface area contributed by atoms with Crippen LogP contribution >= 0.6 is 0 Å². The van der Waals surface area contributed by atoms with E-state index in [0.29, 0.717) is 5.92 Å². The molecule has 14 heavy (non-hydrogen) atoms. The Bertz CT molecular complexity index is 295. The van der Waals surface area contributed by atoms with Crippen molar-refractivity contribution in [3.63, 3.8) is 0 Å². The highest BCUT2D eigenvalue weighted by Gasteiger charge is 2.36. The lowest BCUT2D eigenvalue weighted by Gasteiger charge is -1.96. The number of hydrogen-bond acceptors (Lipinski definition) is 3. The Balaban J connectivity index is 1.84. The molecule has 1 heterocycles. The summed E-state index contributed by atoms with van der Waals surface area (Å²) in [6.07, 6.45) is 4.06. The largest absolute Gasteiger partial charge is 0.445 e. The summed E-state index contributed by atoms with van der Waals surface area (Å²) in [5, 5.41) is 3.26. The van der Waals surface area contributed by atoms with E-state index in [9.17, 15) is 0 Å². The van der Waals surface area contributed by atoms with E-state index in [0.717, 1.165) is 37.1 Å². The number of oxazole rings is 1. The zero-order chi connectivity index (χ0) is 9.97. The Morgan fingerprint density at radius 2 is 2.43 bits per heavy atom. The van der Waals surface area contributed by atoms with Crippen LogP contribution in [0.2, 0.25) is 0 Å². The maximum Gasteiger partial charge on any atom is 0.195 e. The van der Waals surface area contributed by atoms with Gasteiger partial charge in [-0.15, -0.1) is 0 Å². The third-order valence-electron chi connectivity index (χ3n) is 2.81. The predicted molar refractivity (Wildman–Crippen MR) is 55.3 cm³/mol. The Hall–Kier alpha value is -0.830. The Morgan fingerprint density at radius 3 is 3.07 bits per heavy atom. The fourth-order valence-corrected chi connectivity index (χ4v) is 1.70. The van der Waals surface area contributed by atoms with Crippen molar-refractivity contribution in [2.75, 3.05) is 13.1 Å². The monoisotopic (exact) mass is 194 g/mol. The molecule has 2 atom stereocenters. The average Bonchev–Trinajstić information content (AvgIpc) is 2.74. The fraction of sp³-hybridized carbons (Fsp3) is 0.727. The molecule has 1 aliphatic carbocycles. The molecule has 0 radical (unpaired) electrons. The number of hydrogen-bond donors (Lipinski definition) is 1. The molecule has 1 aromatic rings. The Kier molecular flexibility index (Phi) is 2.87. The van der Waals surface area contributed by atoms with Crippen LogP contribution in [0.4, 0.5) is 0 Å². The van der Waals surface area contributed by atoms with E-state index in [-0.39, 0.29) is 0 Å². The molecule has 2 rings (SSSR count). The van der Waals surface area contributed by atoms with Gasteiger partial charge in [-0.05, 0) is 18.9 Å². The van der Waals surface area contributed by atoms with Crippen LogP contribution in [0.25, 0.3) is 0 Å². The molecule has 78 valence electrons. The van der Waals surface area contributed by atoms with E-state index >= 15 is 0 Å². The van der Waals surface area contributed by atoms with Gasteiger partial charge >= 0.3 is 0 Å². The van der Waals surface area contributed by atoms with Gasteiger partial charge < -0.3 is 9.73 Å². The average molecular weight is 194 g/mol. The van der Waals surface area contributed by atoms with Gasteiger partial charge in [-0.25, -0.2) is 4.98 Å². The molecule has 1 N–H and O–H groups in total. The normalized spacial score (nSPS) is 25.3. The second-order valence-electron chi connectivity index (χ2n) is 4.08. The van der Waals surface area contributed by atoms with Crippen LogP contribution in [0.3, 0.4) is 0 Å². The molecule has 1 aromatic heterocycles. The van der Waals surface area contributed by atoms with Crippen molar-refractivity contribution in [2.45, 2.75) is 32.6 Å². The summed E-state index contributed by atoms with van der Waals surface area (Å²) in [4.78, 5) is 4.28. The summed E-state index contributed by atoms with van der Waals surface area (Å²) in [6, 6.07) is 0. The highest BCUT2D eigenvalue weighted by Crippen LogP contribution is 2.46. The van der Waals surface area contributed by atoms with Crippen molar-refractivity contribution in [2.24, 2.45) is 5.92 Å². The van der Waals surface area contributed by atoms with E-state index in [2.05, 4.69) is 24.1 Å². The number of rotatable bonds is 5. The maximum atomic E-state index is 5.67. The number of nitrogens with zero attached hydrogens (tertiary/aromatic N) is 1. The quantitative estimate of drug-likeness (QED) is 0.728. The third-order valence-corrected chi connectivity index (χ3v) is 2.81. The van der Waals surface area contributed by atoms with Crippen molar-refractivity contribution >= 4 is 0 Å². The molecule has 0 spiro atoms. The summed E-state index contributed by atoms with van der Waals surface area (Å²) >= 11 is 0. The first-order valence-electron chi connectivity index (χ1n) is 5.46. The van der Waals surface area contributed by atoms with Gasteiger partial charge in [0.15, 0.2) is 5.89 Å². The summed E-state index contributed by atoms with van der Waals surface area (Å²) in [6.45, 7) is 6.32. The van der Waals surface area contributed by atoms with E-state index in [1.54, 1.807) is 0 Å². The van der Waals surface area contributed by atoms with E-state index in [1.807, 2.05) is 6.20 Å². The molecule has 0 amide bonds. The minimum atomic E-state index is 0.649. The van der Waals surface area contributed by atoms with Crippen LogP contribution in [0, 0.1) is 5.92 Å². The van der Waals surface area contributed by atoms with Gasteiger partial charge in [0, 0.05) is 18.9 Å². The van der Waals surface area contributed by atoms with Crippen LogP contribution in [0.15, 0.2) is 10.6 Å². The second-order valence-corrected chi connectivity index (χ2v) is 4.08. The molecule has 0 aromatic carbocycles. The first-order valence-corrected chi connectivity index (χ1v) is 5.46. The molecule has 1 aliphatic rings. The van der Waals surface area contributed by atoms with Crippen LogP contribution in [0.5, 0.6) is 0 Å². The molecule has 2 unspecified atom stereocenters. The highest BCUT2D eigenvalue weighted by atomic mass is 16.4. The third kappa shape index (κ3) is 2.15. The molecule has 0 saturated heterocycles. The first kappa shape index (κ1) is 9.71. The van der Waals surface area contributed by atoms with Crippen LogP contribution in [0.1, 0.15) is 37.8 Å². The van der Waals surface area contributed by atoms with Crippen molar-refractivity contribution in [1.82, 2.24) is 10.3 Å². The topological polar surface area (TPSA) is 38.1 Å². The minimum Gasteiger partial charge on any atom is -0.445 e. The molecule has 3 heteroatoms. The number of nitrogens with one attached hydrogen (secondary N) is 1. The molecular weight excluding hydrogens is 176 g/mol. The summed E-state index contributed by atoms with van der Waals surface area (Å²) in [5.74, 6) is 3.41. The zero-order valence-corrected chi connectivity index (χ0v) is 8.92. The smallest absolute Gasteiger partial charge is 0.195 e. The summed E-state index contributed by atoms with van der Waals surface area (Å²) < 4.78 is 5.67. The van der Waals surface area contributed by atoms with Gasteiger partial charge in [0.25, 0.3) is 0 Å². The molecule has 1 fully saturated rings. The van der Waals surface area contributed by atoms with E-state index in [4.69, 9.17) is 4.42 Å². The SMILES string of the molecule is CCNCCc1ncc(C2CC2C)o1. The second kappa shape index (κ2) is 4.13. The first-order chi connectivity index (χ1) is 6.81. The van der Waals surface area contributed by atoms with E-state index < -0.39 is 0 Å². The van der Waals surface area contributed by atoms with Gasteiger partial charge in [0.2, 0.25) is 0 Å². The lowest BCUT2D eigenvalue weighted by Crippen LogP contribution is -2.16. The Labute approximate surface area is 84.9 Å². The highest BCUT2D eigenvalue weighted by molar-refractivity contribution is 5.11. The number of likely N-dealkylation sites (N-methyl/N-ethyl adjacent to an activating group) is 1. The summed E-state index contributed by atoms with van der Waals surface area (Å²) in [7, 11) is 0. The molecule has 1 saturated carbocycles. The Morgan fingerprint density at radius 1 is 1.64 bits per heavy atom. The van der Waals surface area contributed by atoms with Crippen LogP contribution < -0.4 is 5.32 Å². The van der Waals surface area contributed by atoms with Crippen molar-refractivity contribution < 1.29 is 4.42 Å². The lowest BCUT2D eigenvalue weighted by atomic mass is 10.3. The van der Waals surface area contributed by atoms with E-state index in [1.165, 1.54) is 6.42 Å². The van der Waals surface area contributed by atoms with Crippen molar-refractivity contribution in [3.8, 4) is 0 Å². The minimum absolute atomic E-state index is 0.649. The molecule has 3 nitrogen and oxygen atoms in total. The van der Waals surface area contributed by atoms with Crippen molar-refractivity contribution in [1.29, 1.82) is 0 Å². The zero-order valence-electron chi connectivity index (χ0n) is 8.92. The summed E-state index contributed by atoms with van der Waals surface area (Å²) in [5.41, 5.74) is 0. The molecular formula is C11H18N2O. The van der Waals surface area contributed by atoms with Gasteiger partial charge in [0.1, 0.15) is 5.76 Å². The van der Waals surface area contributed by atoms with Gasteiger partial charge in [-0.1, -0.05) is 13.8 Å². The van der Waals surface area contributed by atoms with Crippen molar-refractivity contribution in [3.05, 3.63) is 17.8 Å². The number of aromatic nitrogens is 1. The predicted octanol–water partition coefficient (Wildman–Crippen LogP) is 1.95. The van der Waals surface area contributed by atoms with Crippen LogP contribution in [-0.2, 0) is 6.42 Å². The fourth-order valence-electron chi connectivity index (χ4n) is 1.70. The van der Waals surface area contributed by atoms with Crippen LogP contribution in [-0.4, -0.2) is 18.1 Å². The standard InChI is InChI=1S/C11H18N2O/c1-3-12-5-4-11-13-7-10(14-11)9-6-8(9)2/h7-9,12H,3-6H2,1-2H3. The van der Waals surface area contributed by atoms with Gasteiger partial charge in [-0.3, -0.25) is 0 Å². The lowest BCUT2D eigenvalue weighted by molar-refractivity contribution is 0.447. The molecule has 0 aliphatic heterocycles.